The second kappa shape index (κ2) is 6.73. The van der Waals surface area contributed by atoms with E-state index in [1.807, 2.05) is 41.0 Å². The first-order valence-corrected chi connectivity index (χ1v) is 8.71. The molecule has 28 heavy (non-hydrogen) atoms. The summed E-state index contributed by atoms with van der Waals surface area (Å²) < 4.78 is 8.85. The molecule has 0 aliphatic carbocycles. The quantitative estimate of drug-likeness (QED) is 0.557. The van der Waals surface area contributed by atoms with Gasteiger partial charge in [0.05, 0.1) is 23.2 Å². The third-order valence-electron chi connectivity index (χ3n) is 4.74. The Morgan fingerprint density at radius 2 is 1.96 bits per heavy atom. The van der Waals surface area contributed by atoms with Crippen LogP contribution in [0.15, 0.2) is 53.1 Å². The van der Waals surface area contributed by atoms with Crippen LogP contribution in [0, 0.1) is 6.92 Å². The number of hydrogen-bond acceptors (Lipinski definition) is 4. The SMILES string of the molecule is Cc1c(NC(=O)c2cc3occc3n2Cc2ccccc2)c(C(N)=O)nn1C. The van der Waals surface area contributed by atoms with Crippen LogP contribution < -0.4 is 11.1 Å². The van der Waals surface area contributed by atoms with Gasteiger partial charge in [-0.15, -0.1) is 0 Å². The van der Waals surface area contributed by atoms with E-state index in [4.69, 9.17) is 10.2 Å². The largest absolute Gasteiger partial charge is 0.463 e. The fraction of sp³-hybridized carbons (Fsp3) is 0.150. The average Bonchev–Trinajstić information content (AvgIpc) is 3.33. The number of anilines is 1. The van der Waals surface area contributed by atoms with Gasteiger partial charge < -0.3 is 20.0 Å². The van der Waals surface area contributed by atoms with Crippen molar-refractivity contribution in [2.24, 2.45) is 12.8 Å². The molecule has 0 saturated carbocycles. The maximum atomic E-state index is 13.1. The first kappa shape index (κ1) is 17.6. The molecule has 0 saturated heterocycles. The molecule has 3 N–H and O–H groups in total. The molecule has 8 nitrogen and oxygen atoms in total. The van der Waals surface area contributed by atoms with Crippen LogP contribution >= 0.6 is 0 Å². The fourth-order valence-electron chi connectivity index (χ4n) is 3.21. The first-order chi connectivity index (χ1) is 13.5. The molecule has 0 unspecified atom stereocenters. The van der Waals surface area contributed by atoms with Crippen molar-refractivity contribution in [3.05, 3.63) is 71.4 Å². The highest BCUT2D eigenvalue weighted by atomic mass is 16.3. The molecule has 4 aromatic rings. The number of carbonyl (C=O) groups is 2. The summed E-state index contributed by atoms with van der Waals surface area (Å²) in [5, 5.41) is 6.87. The number of furan rings is 1. The Morgan fingerprint density at radius 1 is 1.21 bits per heavy atom. The Kier molecular flexibility index (Phi) is 4.23. The zero-order chi connectivity index (χ0) is 19.8. The summed E-state index contributed by atoms with van der Waals surface area (Å²) >= 11 is 0. The van der Waals surface area contributed by atoms with Crippen molar-refractivity contribution < 1.29 is 14.0 Å². The Labute approximate surface area is 160 Å². The van der Waals surface area contributed by atoms with Crippen LogP contribution in [0.4, 0.5) is 5.69 Å². The van der Waals surface area contributed by atoms with Gasteiger partial charge >= 0.3 is 0 Å². The molecule has 2 amide bonds. The lowest BCUT2D eigenvalue weighted by Crippen LogP contribution is -2.21. The number of nitrogens with one attached hydrogen (secondary N) is 1. The van der Waals surface area contributed by atoms with Gasteiger partial charge in [0.25, 0.3) is 11.8 Å². The summed E-state index contributed by atoms with van der Waals surface area (Å²) in [5.74, 6) is -1.08. The van der Waals surface area contributed by atoms with E-state index in [2.05, 4.69) is 10.4 Å². The van der Waals surface area contributed by atoms with Crippen molar-refractivity contribution in [3.63, 3.8) is 0 Å². The Morgan fingerprint density at radius 3 is 2.68 bits per heavy atom. The van der Waals surface area contributed by atoms with Crippen molar-refractivity contribution in [2.45, 2.75) is 13.5 Å². The van der Waals surface area contributed by atoms with Gasteiger partial charge in [-0.05, 0) is 12.5 Å². The van der Waals surface area contributed by atoms with E-state index >= 15 is 0 Å². The van der Waals surface area contributed by atoms with Crippen LogP contribution in [-0.2, 0) is 13.6 Å². The summed E-state index contributed by atoms with van der Waals surface area (Å²) in [6, 6.07) is 13.3. The number of benzene rings is 1. The number of carbonyl (C=O) groups excluding carboxylic acids is 2. The predicted molar refractivity (Wildman–Crippen MR) is 104 cm³/mol. The second-order valence-corrected chi connectivity index (χ2v) is 6.52. The van der Waals surface area contributed by atoms with E-state index in [0.29, 0.717) is 29.2 Å². The molecule has 1 aromatic carbocycles. The third kappa shape index (κ3) is 2.94. The van der Waals surface area contributed by atoms with E-state index in [-0.39, 0.29) is 11.6 Å². The molecule has 0 radical (unpaired) electrons. The maximum absolute atomic E-state index is 13.1. The molecule has 4 rings (SSSR count). The van der Waals surface area contributed by atoms with Gasteiger partial charge in [-0.1, -0.05) is 30.3 Å². The molecule has 0 bridgehead atoms. The number of rotatable bonds is 5. The van der Waals surface area contributed by atoms with Gasteiger partial charge in [0.1, 0.15) is 5.69 Å². The van der Waals surface area contributed by atoms with Gasteiger partial charge in [-0.25, -0.2) is 0 Å². The van der Waals surface area contributed by atoms with Gasteiger partial charge in [-0.2, -0.15) is 5.10 Å². The molecule has 0 fully saturated rings. The van der Waals surface area contributed by atoms with E-state index in [1.165, 1.54) is 4.68 Å². The number of nitrogens with zero attached hydrogens (tertiary/aromatic N) is 3. The van der Waals surface area contributed by atoms with Crippen molar-refractivity contribution in [3.8, 4) is 0 Å². The predicted octanol–water partition coefficient (Wildman–Crippen LogP) is 2.68. The van der Waals surface area contributed by atoms with Gasteiger partial charge in [-0.3, -0.25) is 14.3 Å². The summed E-state index contributed by atoms with van der Waals surface area (Å²) in [6.07, 6.45) is 1.59. The molecular formula is C20H19N5O3. The van der Waals surface area contributed by atoms with Crippen molar-refractivity contribution in [1.29, 1.82) is 0 Å². The fourth-order valence-corrected chi connectivity index (χ4v) is 3.21. The number of amides is 2. The van der Waals surface area contributed by atoms with Crippen molar-refractivity contribution in [2.75, 3.05) is 5.32 Å². The summed E-state index contributed by atoms with van der Waals surface area (Å²) in [6.45, 7) is 2.26. The van der Waals surface area contributed by atoms with Crippen LogP contribution in [0.2, 0.25) is 0 Å². The topological polar surface area (TPSA) is 108 Å². The van der Waals surface area contributed by atoms with Gasteiger partial charge in [0.15, 0.2) is 11.3 Å². The molecule has 0 spiro atoms. The van der Waals surface area contributed by atoms with Crippen LogP contribution in [0.1, 0.15) is 32.2 Å². The Balaban J connectivity index is 1.74. The molecule has 0 aliphatic rings. The van der Waals surface area contributed by atoms with E-state index < -0.39 is 5.91 Å². The third-order valence-corrected chi connectivity index (χ3v) is 4.74. The molecule has 0 atom stereocenters. The zero-order valence-electron chi connectivity index (χ0n) is 15.5. The molecule has 0 aliphatic heterocycles. The first-order valence-electron chi connectivity index (χ1n) is 8.71. The van der Waals surface area contributed by atoms with Crippen molar-refractivity contribution >= 4 is 28.6 Å². The number of hydrogen-bond donors (Lipinski definition) is 2. The number of fused-ring (bicyclic) bond motifs is 1. The highest BCUT2D eigenvalue weighted by Crippen LogP contribution is 2.25. The standard InChI is InChI=1S/C20H19N5O3/c1-12-17(18(19(21)26)23-24(12)2)22-20(27)15-10-16-14(8-9-28-16)25(15)11-13-6-4-3-5-7-13/h3-10H,11H2,1-2H3,(H2,21,26)(H,22,27). The highest BCUT2D eigenvalue weighted by molar-refractivity contribution is 6.09. The molecule has 142 valence electrons. The normalized spacial score (nSPS) is 11.1. The Bertz CT molecular complexity index is 1180. The highest BCUT2D eigenvalue weighted by Gasteiger charge is 2.23. The number of aryl methyl sites for hydroxylation is 1. The lowest BCUT2D eigenvalue weighted by atomic mass is 10.2. The number of aromatic nitrogens is 3. The van der Waals surface area contributed by atoms with Crippen LogP contribution in [-0.4, -0.2) is 26.2 Å². The lowest BCUT2D eigenvalue weighted by molar-refractivity contribution is 0.0995. The smallest absolute Gasteiger partial charge is 0.272 e. The van der Waals surface area contributed by atoms with E-state index in [9.17, 15) is 9.59 Å². The van der Waals surface area contributed by atoms with Gasteiger partial charge in [0.2, 0.25) is 0 Å². The number of primary amides is 1. The van der Waals surface area contributed by atoms with Crippen LogP contribution in [0.3, 0.4) is 0 Å². The minimum absolute atomic E-state index is 0.0261. The van der Waals surface area contributed by atoms with E-state index in [1.54, 1.807) is 26.3 Å². The zero-order valence-corrected chi connectivity index (χ0v) is 15.5. The molecular weight excluding hydrogens is 358 g/mol. The summed E-state index contributed by atoms with van der Waals surface area (Å²) in [5.41, 5.74) is 9.25. The molecule has 8 heteroatoms. The van der Waals surface area contributed by atoms with Crippen LogP contribution in [0.5, 0.6) is 0 Å². The van der Waals surface area contributed by atoms with E-state index in [0.717, 1.165) is 11.1 Å². The lowest BCUT2D eigenvalue weighted by Gasteiger charge is -2.11. The minimum atomic E-state index is -0.701. The number of nitrogens with two attached hydrogens (primary N) is 1. The monoisotopic (exact) mass is 377 g/mol. The van der Waals surface area contributed by atoms with Crippen molar-refractivity contribution in [1.82, 2.24) is 14.3 Å². The summed E-state index contributed by atoms with van der Waals surface area (Å²) in [7, 11) is 1.68. The van der Waals surface area contributed by atoms with Crippen LogP contribution in [0.25, 0.3) is 11.1 Å². The Hall–Kier alpha value is -3.81. The minimum Gasteiger partial charge on any atom is -0.463 e. The maximum Gasteiger partial charge on any atom is 0.272 e. The average molecular weight is 377 g/mol. The molecule has 3 aromatic heterocycles. The molecule has 3 heterocycles. The summed E-state index contributed by atoms with van der Waals surface area (Å²) in [4.78, 5) is 24.8. The second-order valence-electron chi connectivity index (χ2n) is 6.52. The van der Waals surface area contributed by atoms with Gasteiger partial charge in [0, 0.05) is 25.7 Å².